The predicted octanol–water partition coefficient (Wildman–Crippen LogP) is 3.95. The summed E-state index contributed by atoms with van der Waals surface area (Å²) in [6, 6.07) is 13.0. The maximum Gasteiger partial charge on any atom is 0.313 e. The second kappa shape index (κ2) is 5.17. The van der Waals surface area contributed by atoms with E-state index in [9.17, 15) is 4.79 Å². The molecule has 1 aliphatic rings. The molecule has 0 aromatic heterocycles. The lowest BCUT2D eigenvalue weighted by molar-refractivity contribution is -0.142. The molecule has 0 amide bonds. The Balaban J connectivity index is 2.16. The molecule has 2 aromatic carbocycles. The lowest BCUT2D eigenvalue weighted by Crippen LogP contribution is -2.16. The summed E-state index contributed by atoms with van der Waals surface area (Å²) < 4.78 is 10.8. The molecule has 0 spiro atoms. The minimum absolute atomic E-state index is 0.284. The molecule has 3 rings (SSSR count). The molecule has 1 aliphatic heterocycles. The molecule has 0 aliphatic carbocycles. The molecule has 3 nitrogen and oxygen atoms in total. The monoisotopic (exact) mass is 288 g/mol. The Hall–Kier alpha value is -2.00. The number of benzene rings is 2. The number of esters is 1. The first kappa shape index (κ1) is 13.0. The van der Waals surface area contributed by atoms with E-state index >= 15 is 0 Å². The van der Waals surface area contributed by atoms with Gasteiger partial charge >= 0.3 is 5.97 Å². The second-order valence-corrected chi connectivity index (χ2v) is 5.11. The van der Waals surface area contributed by atoms with E-state index in [4.69, 9.17) is 21.1 Å². The van der Waals surface area contributed by atoms with Crippen LogP contribution < -0.4 is 4.74 Å². The Bertz CT molecular complexity index is 667. The lowest BCUT2D eigenvalue weighted by Gasteiger charge is -2.14. The number of carbonyl (C=O) groups is 1. The van der Waals surface area contributed by atoms with E-state index in [1.54, 1.807) is 18.2 Å². The molecule has 4 heteroatoms. The molecular formula is C16H13ClO3. The first-order valence-electron chi connectivity index (χ1n) is 6.32. The molecule has 0 saturated heterocycles. The van der Waals surface area contributed by atoms with Gasteiger partial charge in [0.05, 0.1) is 13.0 Å². The molecule has 20 heavy (non-hydrogen) atoms. The summed E-state index contributed by atoms with van der Waals surface area (Å²) in [6.07, 6.45) is 0.538. The number of ether oxygens (including phenoxy) is 2. The van der Waals surface area contributed by atoms with Gasteiger partial charge in [-0.2, -0.15) is 0 Å². The lowest BCUT2D eigenvalue weighted by atomic mass is 9.92. The summed E-state index contributed by atoms with van der Waals surface area (Å²) in [7, 11) is 1.39. The van der Waals surface area contributed by atoms with Gasteiger partial charge in [-0.05, 0) is 36.2 Å². The van der Waals surface area contributed by atoms with Crippen LogP contribution in [0.15, 0.2) is 42.5 Å². The van der Waals surface area contributed by atoms with E-state index in [0.717, 1.165) is 16.9 Å². The third kappa shape index (κ3) is 2.25. The highest BCUT2D eigenvalue weighted by molar-refractivity contribution is 6.30. The van der Waals surface area contributed by atoms with E-state index < -0.39 is 5.92 Å². The van der Waals surface area contributed by atoms with Crippen LogP contribution in [0.25, 0.3) is 0 Å². The summed E-state index contributed by atoms with van der Waals surface area (Å²) in [4.78, 5) is 12.1. The van der Waals surface area contributed by atoms with Crippen LogP contribution in [0.3, 0.4) is 0 Å². The molecule has 0 radical (unpaired) electrons. The molecule has 2 aromatic rings. The number of halogens is 1. The molecule has 0 unspecified atom stereocenters. The molecule has 0 bridgehead atoms. The van der Waals surface area contributed by atoms with Crippen LogP contribution in [-0.4, -0.2) is 13.1 Å². The third-order valence-corrected chi connectivity index (χ3v) is 3.68. The fourth-order valence-electron chi connectivity index (χ4n) is 2.46. The van der Waals surface area contributed by atoms with Gasteiger partial charge in [-0.15, -0.1) is 0 Å². The van der Waals surface area contributed by atoms with Crippen molar-refractivity contribution in [2.75, 3.05) is 7.11 Å². The van der Waals surface area contributed by atoms with Crippen molar-refractivity contribution >= 4 is 17.6 Å². The van der Waals surface area contributed by atoms with Gasteiger partial charge < -0.3 is 9.47 Å². The van der Waals surface area contributed by atoms with Crippen LogP contribution in [-0.2, 0) is 16.0 Å². The summed E-state index contributed by atoms with van der Waals surface area (Å²) >= 11 is 6.05. The minimum atomic E-state index is -0.405. The van der Waals surface area contributed by atoms with E-state index in [0.29, 0.717) is 17.2 Å². The molecular weight excluding hydrogens is 276 g/mol. The van der Waals surface area contributed by atoms with E-state index in [-0.39, 0.29) is 5.97 Å². The molecule has 1 atom stereocenters. The van der Waals surface area contributed by atoms with Gasteiger partial charge in [0.25, 0.3) is 0 Å². The van der Waals surface area contributed by atoms with Gasteiger partial charge in [0.1, 0.15) is 11.5 Å². The third-order valence-electron chi connectivity index (χ3n) is 3.45. The largest absolute Gasteiger partial charge is 0.469 e. The predicted molar refractivity (Wildman–Crippen MR) is 76.4 cm³/mol. The Kier molecular flexibility index (Phi) is 3.36. The molecule has 0 fully saturated rings. The fourth-order valence-corrected chi connectivity index (χ4v) is 2.64. The van der Waals surface area contributed by atoms with E-state index in [1.807, 2.05) is 24.3 Å². The smallest absolute Gasteiger partial charge is 0.313 e. The van der Waals surface area contributed by atoms with Crippen molar-refractivity contribution in [1.82, 2.24) is 0 Å². The highest BCUT2D eigenvalue weighted by Crippen LogP contribution is 2.40. The summed E-state index contributed by atoms with van der Waals surface area (Å²) in [5, 5.41) is 0.576. The van der Waals surface area contributed by atoms with Crippen LogP contribution in [0.2, 0.25) is 5.02 Å². The zero-order valence-electron chi connectivity index (χ0n) is 10.9. The van der Waals surface area contributed by atoms with Gasteiger partial charge in [-0.25, -0.2) is 0 Å². The van der Waals surface area contributed by atoms with Crippen molar-refractivity contribution in [2.45, 2.75) is 12.3 Å². The summed E-state index contributed by atoms with van der Waals surface area (Å²) in [5.74, 6) is 0.725. The Morgan fingerprint density at radius 2 is 2.05 bits per heavy atom. The number of hydrogen-bond donors (Lipinski definition) is 0. The number of methoxy groups -OCH3 is 1. The molecule has 0 saturated carbocycles. The maximum atomic E-state index is 12.1. The SMILES string of the molecule is COC(=O)[C@@H]1Cc2ccccc2Oc2ccc(Cl)cc21. The van der Waals surface area contributed by atoms with Crippen molar-refractivity contribution in [2.24, 2.45) is 0 Å². The normalized spacial score (nSPS) is 16.4. The van der Waals surface area contributed by atoms with Gasteiger partial charge in [0.15, 0.2) is 0 Å². The van der Waals surface area contributed by atoms with Crippen molar-refractivity contribution in [3.05, 3.63) is 58.6 Å². The minimum Gasteiger partial charge on any atom is -0.469 e. The molecule has 102 valence electrons. The number of fused-ring (bicyclic) bond motifs is 2. The number of hydrogen-bond acceptors (Lipinski definition) is 3. The number of carbonyl (C=O) groups excluding carboxylic acids is 1. The van der Waals surface area contributed by atoms with Crippen LogP contribution in [0, 0.1) is 0 Å². The van der Waals surface area contributed by atoms with Gasteiger partial charge in [0.2, 0.25) is 0 Å². The maximum absolute atomic E-state index is 12.1. The zero-order chi connectivity index (χ0) is 14.1. The van der Waals surface area contributed by atoms with Gasteiger partial charge in [-0.1, -0.05) is 29.8 Å². The van der Waals surface area contributed by atoms with Crippen molar-refractivity contribution in [3.63, 3.8) is 0 Å². The molecule has 1 heterocycles. The van der Waals surface area contributed by atoms with Crippen molar-refractivity contribution < 1.29 is 14.3 Å². The van der Waals surface area contributed by atoms with Crippen LogP contribution in [0.1, 0.15) is 17.0 Å². The Morgan fingerprint density at radius 1 is 1.25 bits per heavy atom. The number of rotatable bonds is 1. The van der Waals surface area contributed by atoms with Crippen LogP contribution in [0.5, 0.6) is 11.5 Å². The Labute approximate surface area is 122 Å². The quantitative estimate of drug-likeness (QED) is 0.746. The molecule has 0 N–H and O–H groups in total. The fraction of sp³-hybridized carbons (Fsp3) is 0.188. The average Bonchev–Trinajstić information content (AvgIpc) is 2.63. The highest BCUT2D eigenvalue weighted by Gasteiger charge is 2.29. The van der Waals surface area contributed by atoms with E-state index in [1.165, 1.54) is 7.11 Å². The summed E-state index contributed by atoms with van der Waals surface area (Å²) in [6.45, 7) is 0. The van der Waals surface area contributed by atoms with Crippen LogP contribution >= 0.6 is 11.6 Å². The van der Waals surface area contributed by atoms with Crippen LogP contribution in [0.4, 0.5) is 0 Å². The zero-order valence-corrected chi connectivity index (χ0v) is 11.7. The Morgan fingerprint density at radius 3 is 2.85 bits per heavy atom. The second-order valence-electron chi connectivity index (χ2n) is 4.67. The standard InChI is InChI=1S/C16H13ClO3/c1-19-16(18)13-8-10-4-2-3-5-14(10)20-15-7-6-11(17)9-12(13)15/h2-7,9,13H,8H2,1H3/t13-/m1/s1. The van der Waals surface area contributed by atoms with E-state index in [2.05, 4.69) is 0 Å². The average molecular weight is 289 g/mol. The van der Waals surface area contributed by atoms with Crippen molar-refractivity contribution in [1.29, 1.82) is 0 Å². The van der Waals surface area contributed by atoms with Gasteiger partial charge in [-0.3, -0.25) is 4.79 Å². The number of para-hydroxylation sites is 1. The first-order chi connectivity index (χ1) is 9.69. The van der Waals surface area contributed by atoms with Crippen molar-refractivity contribution in [3.8, 4) is 11.5 Å². The first-order valence-corrected chi connectivity index (χ1v) is 6.70. The highest BCUT2D eigenvalue weighted by atomic mass is 35.5. The topological polar surface area (TPSA) is 35.5 Å². The summed E-state index contributed by atoms with van der Waals surface area (Å²) in [5.41, 5.74) is 1.75. The van der Waals surface area contributed by atoms with Gasteiger partial charge in [0, 0.05) is 10.6 Å².